The molecule has 1 aliphatic heterocycles. The van der Waals surface area contributed by atoms with Crippen molar-refractivity contribution in [1.29, 1.82) is 0 Å². The second-order valence-corrected chi connectivity index (χ2v) is 8.18. The minimum absolute atomic E-state index is 0.220. The molecule has 7 nitrogen and oxygen atoms in total. The number of aliphatic hydroxyl groups is 1. The first kappa shape index (κ1) is 19.6. The minimum Gasteiger partial charge on any atom is -0.389 e. The molecule has 0 unspecified atom stereocenters. The Morgan fingerprint density at radius 1 is 1.27 bits per heavy atom. The van der Waals surface area contributed by atoms with Crippen LogP contribution < -0.4 is 5.32 Å². The molecule has 0 radical (unpaired) electrons. The van der Waals surface area contributed by atoms with Crippen molar-refractivity contribution in [1.82, 2.24) is 19.6 Å². The van der Waals surface area contributed by atoms with Crippen LogP contribution >= 0.6 is 11.6 Å². The second kappa shape index (κ2) is 7.40. The normalized spacial score (nSPS) is 23.1. The predicted octanol–water partition coefficient (Wildman–Crippen LogP) is 3.30. The maximum atomic E-state index is 13.4. The van der Waals surface area contributed by atoms with Crippen molar-refractivity contribution in [2.45, 2.75) is 43.2 Å². The molecule has 2 atom stereocenters. The van der Waals surface area contributed by atoms with Crippen LogP contribution in [0.3, 0.4) is 0 Å². The third-order valence-corrected chi connectivity index (χ3v) is 6.19. The number of fused-ring (bicyclic) bond motifs is 1. The van der Waals surface area contributed by atoms with Crippen LogP contribution in [0.15, 0.2) is 30.5 Å². The molecule has 0 spiro atoms. The summed E-state index contributed by atoms with van der Waals surface area (Å²) in [6, 6.07) is 6.76. The summed E-state index contributed by atoms with van der Waals surface area (Å²) in [5.41, 5.74) is 0.870. The highest BCUT2D eigenvalue weighted by atomic mass is 35.5. The lowest BCUT2D eigenvalue weighted by atomic mass is 9.95. The van der Waals surface area contributed by atoms with Crippen LogP contribution in [0.1, 0.15) is 24.8 Å². The van der Waals surface area contributed by atoms with Crippen LogP contribution in [0.5, 0.6) is 0 Å². The third-order valence-electron chi connectivity index (χ3n) is 5.91. The molecule has 3 aromatic rings. The molecule has 158 valence electrons. The fourth-order valence-electron chi connectivity index (χ4n) is 3.88. The van der Waals surface area contributed by atoms with Gasteiger partial charge in [-0.25, -0.2) is 23.3 Å². The van der Waals surface area contributed by atoms with Gasteiger partial charge in [-0.05, 0) is 24.8 Å². The van der Waals surface area contributed by atoms with E-state index in [2.05, 4.69) is 20.4 Å². The number of hydrogen-bond acceptors (Lipinski definition) is 6. The first-order valence-electron chi connectivity index (χ1n) is 9.81. The van der Waals surface area contributed by atoms with Gasteiger partial charge in [0.25, 0.3) is 0 Å². The van der Waals surface area contributed by atoms with Gasteiger partial charge in [0.15, 0.2) is 11.0 Å². The van der Waals surface area contributed by atoms with Crippen molar-refractivity contribution < 1.29 is 18.6 Å². The van der Waals surface area contributed by atoms with E-state index in [0.29, 0.717) is 54.3 Å². The summed E-state index contributed by atoms with van der Waals surface area (Å²) in [4.78, 5) is 8.66. The van der Waals surface area contributed by atoms with Crippen molar-refractivity contribution >= 4 is 23.1 Å². The molecule has 5 rings (SSSR count). The number of aromatic nitrogens is 4. The molecule has 10 heteroatoms. The zero-order valence-corrected chi connectivity index (χ0v) is 16.7. The Hall–Kier alpha value is -2.36. The van der Waals surface area contributed by atoms with Gasteiger partial charge in [0.05, 0.1) is 30.4 Å². The van der Waals surface area contributed by atoms with Crippen molar-refractivity contribution in [2.24, 2.45) is 0 Å². The molecule has 1 aromatic carbocycles. The van der Waals surface area contributed by atoms with E-state index >= 15 is 0 Å². The van der Waals surface area contributed by atoms with Gasteiger partial charge in [-0.2, -0.15) is 0 Å². The van der Waals surface area contributed by atoms with Gasteiger partial charge in [0.2, 0.25) is 12.4 Å². The number of alkyl halides is 2. The summed E-state index contributed by atoms with van der Waals surface area (Å²) in [5, 5.41) is 17.9. The summed E-state index contributed by atoms with van der Waals surface area (Å²) in [6.07, 6.45) is 0.177. The Morgan fingerprint density at radius 3 is 2.70 bits per heavy atom. The van der Waals surface area contributed by atoms with E-state index in [1.165, 1.54) is 0 Å². The molecule has 30 heavy (non-hydrogen) atoms. The third kappa shape index (κ3) is 3.30. The Balaban J connectivity index is 1.47. The lowest BCUT2D eigenvalue weighted by Gasteiger charge is -2.28. The monoisotopic (exact) mass is 435 g/mol. The standard InChI is InChI=1S/C20H20ClF2N5O2/c21-16-14-9-24-19(25-13-5-8-30-10-15(13)29)27-28(14)17(26-16)11-1-3-12(4-2-11)20(6-7-20)18(22)23/h1-4,9,13,15,18,29H,5-8,10H2,(H,25,27)/t13-,15-/m1/s1. The average Bonchev–Trinajstić information content (AvgIpc) is 3.50. The number of anilines is 1. The van der Waals surface area contributed by atoms with Gasteiger partial charge in [0, 0.05) is 12.2 Å². The molecule has 0 bridgehead atoms. The first-order chi connectivity index (χ1) is 14.5. The van der Waals surface area contributed by atoms with Crippen molar-refractivity contribution in [3.05, 3.63) is 41.2 Å². The molecule has 2 aromatic heterocycles. The lowest BCUT2D eigenvalue weighted by Crippen LogP contribution is -2.42. The topological polar surface area (TPSA) is 84.6 Å². The zero-order valence-electron chi connectivity index (χ0n) is 15.9. The zero-order chi connectivity index (χ0) is 20.9. The van der Waals surface area contributed by atoms with Crippen LogP contribution in [-0.2, 0) is 10.2 Å². The Kier molecular flexibility index (Phi) is 4.83. The molecule has 2 fully saturated rings. The van der Waals surface area contributed by atoms with Gasteiger partial charge in [-0.1, -0.05) is 35.9 Å². The SMILES string of the molecule is O[C@@H]1COCC[C@H]1Nc1ncc2c(Cl)nc(-c3ccc(C4(C(F)F)CC4)cc3)n2n1. The molecule has 2 aliphatic rings. The van der Waals surface area contributed by atoms with Crippen molar-refractivity contribution in [3.63, 3.8) is 0 Å². The lowest BCUT2D eigenvalue weighted by molar-refractivity contribution is -0.0136. The second-order valence-electron chi connectivity index (χ2n) is 7.82. The van der Waals surface area contributed by atoms with E-state index < -0.39 is 17.9 Å². The van der Waals surface area contributed by atoms with Crippen LogP contribution in [0.2, 0.25) is 5.15 Å². The molecule has 1 saturated heterocycles. The number of nitrogens with one attached hydrogen (secondary N) is 1. The molecular weight excluding hydrogens is 416 g/mol. The van der Waals surface area contributed by atoms with Crippen LogP contribution in [0.25, 0.3) is 16.9 Å². The summed E-state index contributed by atoms with van der Waals surface area (Å²) < 4.78 is 33.6. The quantitative estimate of drug-likeness (QED) is 0.639. The van der Waals surface area contributed by atoms with Gasteiger partial charge < -0.3 is 15.2 Å². The van der Waals surface area contributed by atoms with E-state index in [9.17, 15) is 13.9 Å². The van der Waals surface area contributed by atoms with E-state index in [0.717, 1.165) is 0 Å². The van der Waals surface area contributed by atoms with Crippen LogP contribution in [0, 0.1) is 0 Å². The maximum Gasteiger partial charge on any atom is 0.248 e. The van der Waals surface area contributed by atoms with Gasteiger partial charge in [-0.15, -0.1) is 5.10 Å². The summed E-state index contributed by atoms with van der Waals surface area (Å²) in [7, 11) is 0. The number of benzene rings is 1. The maximum absolute atomic E-state index is 13.4. The minimum atomic E-state index is -2.37. The average molecular weight is 436 g/mol. The number of halogens is 3. The molecule has 1 saturated carbocycles. The summed E-state index contributed by atoms with van der Waals surface area (Å²) >= 11 is 6.26. The highest BCUT2D eigenvalue weighted by molar-refractivity contribution is 6.32. The Morgan fingerprint density at radius 2 is 2.03 bits per heavy atom. The first-order valence-corrected chi connectivity index (χ1v) is 10.2. The van der Waals surface area contributed by atoms with Crippen LogP contribution in [-0.4, -0.2) is 56.5 Å². The number of nitrogens with zero attached hydrogens (tertiary/aromatic N) is 4. The predicted molar refractivity (Wildman–Crippen MR) is 107 cm³/mol. The van der Waals surface area contributed by atoms with Crippen LogP contribution in [0.4, 0.5) is 14.7 Å². The smallest absolute Gasteiger partial charge is 0.248 e. The number of aliphatic hydroxyl groups excluding tert-OH is 1. The fraction of sp³-hybridized carbons (Fsp3) is 0.450. The summed E-state index contributed by atoms with van der Waals surface area (Å²) in [5.74, 6) is 0.816. The number of hydrogen-bond donors (Lipinski definition) is 2. The highest BCUT2D eigenvalue weighted by Gasteiger charge is 2.52. The fourth-order valence-corrected chi connectivity index (χ4v) is 4.09. The van der Waals surface area contributed by atoms with E-state index in [1.807, 2.05) is 0 Å². The van der Waals surface area contributed by atoms with Crippen molar-refractivity contribution in [2.75, 3.05) is 18.5 Å². The van der Waals surface area contributed by atoms with Gasteiger partial charge >= 0.3 is 0 Å². The van der Waals surface area contributed by atoms with Crippen molar-refractivity contribution in [3.8, 4) is 11.4 Å². The van der Waals surface area contributed by atoms with Gasteiger partial charge in [0.1, 0.15) is 5.52 Å². The van der Waals surface area contributed by atoms with E-state index in [-0.39, 0.29) is 17.8 Å². The molecule has 2 N–H and O–H groups in total. The highest BCUT2D eigenvalue weighted by Crippen LogP contribution is 2.52. The van der Waals surface area contributed by atoms with Gasteiger partial charge in [-0.3, -0.25) is 0 Å². The molecule has 1 aliphatic carbocycles. The number of imidazole rings is 1. The molecule has 3 heterocycles. The molecule has 0 amide bonds. The Labute approximate surface area is 176 Å². The van der Waals surface area contributed by atoms with E-state index in [1.54, 1.807) is 35.0 Å². The Bertz CT molecular complexity index is 1070. The molecular formula is C20H20ClF2N5O2. The van der Waals surface area contributed by atoms with E-state index in [4.69, 9.17) is 16.3 Å². The number of ether oxygens (including phenoxy) is 1. The summed E-state index contributed by atoms with van der Waals surface area (Å²) in [6.45, 7) is 0.806. The largest absolute Gasteiger partial charge is 0.389 e. The number of rotatable bonds is 5.